The van der Waals surface area contributed by atoms with Gasteiger partial charge in [-0.1, -0.05) is 286 Å². The Bertz CT molecular complexity index is 1680. The Kier molecular flexibility index (Phi) is 58.0. The summed E-state index contributed by atoms with van der Waals surface area (Å²) in [5, 5.41) is 10.6. The Hall–Kier alpha value is -1.94. The number of hydrogen-bond donors (Lipinski definition) is 3. The third-order valence-corrected chi connectivity index (χ3v) is 17.4. The monoisotopic (exact) mass is 1270 g/mol. The molecule has 0 aromatic rings. The van der Waals surface area contributed by atoms with Crippen molar-refractivity contribution in [1.29, 1.82) is 0 Å². The smallest absolute Gasteiger partial charge is 0.462 e. The number of phosphoric ester groups is 2. The summed E-state index contributed by atoms with van der Waals surface area (Å²) in [4.78, 5) is 72.3. The molecule has 0 radical (unpaired) electrons. The van der Waals surface area contributed by atoms with Crippen LogP contribution in [0.3, 0.4) is 0 Å². The average Bonchev–Trinajstić information content (AvgIpc) is 3.66. The highest BCUT2D eigenvalue weighted by Gasteiger charge is 2.30. The Morgan fingerprint density at radius 3 is 0.791 bits per heavy atom. The molecule has 0 amide bonds. The molecule has 86 heavy (non-hydrogen) atoms. The van der Waals surface area contributed by atoms with Crippen LogP contribution in [0.2, 0.25) is 0 Å². The molecule has 0 saturated heterocycles. The molecule has 0 aromatic heterocycles. The molecule has 0 bridgehead atoms. The van der Waals surface area contributed by atoms with Crippen LogP contribution < -0.4 is 0 Å². The predicted molar refractivity (Wildman–Crippen MR) is 345 cm³/mol. The second kappa shape index (κ2) is 59.4. The first kappa shape index (κ1) is 84.1. The summed E-state index contributed by atoms with van der Waals surface area (Å²) in [6.45, 7) is 9.49. The summed E-state index contributed by atoms with van der Waals surface area (Å²) in [6, 6.07) is 0. The third kappa shape index (κ3) is 60.9. The molecule has 3 N–H and O–H groups in total. The van der Waals surface area contributed by atoms with Crippen molar-refractivity contribution in [3.8, 4) is 0 Å². The number of rotatable bonds is 66. The lowest BCUT2D eigenvalue weighted by atomic mass is 10.0. The van der Waals surface area contributed by atoms with Crippen molar-refractivity contribution in [3.63, 3.8) is 0 Å². The van der Waals surface area contributed by atoms with Crippen molar-refractivity contribution in [1.82, 2.24) is 0 Å². The van der Waals surface area contributed by atoms with Crippen molar-refractivity contribution < 1.29 is 80.2 Å². The molecule has 0 aromatic carbocycles. The molecule has 0 spiro atoms. The summed E-state index contributed by atoms with van der Waals surface area (Å²) in [5.41, 5.74) is 0. The van der Waals surface area contributed by atoms with E-state index in [0.717, 1.165) is 102 Å². The Morgan fingerprint density at radius 2 is 0.535 bits per heavy atom. The van der Waals surface area contributed by atoms with Gasteiger partial charge in [0.2, 0.25) is 0 Å². The normalized spacial score (nSPS) is 14.2. The molecule has 0 aliphatic heterocycles. The van der Waals surface area contributed by atoms with Gasteiger partial charge in [-0.15, -0.1) is 0 Å². The van der Waals surface area contributed by atoms with Gasteiger partial charge >= 0.3 is 39.5 Å². The van der Waals surface area contributed by atoms with Crippen LogP contribution in [0.15, 0.2) is 0 Å². The molecule has 0 rings (SSSR count). The summed E-state index contributed by atoms with van der Waals surface area (Å²) < 4.78 is 68.1. The van der Waals surface area contributed by atoms with Crippen molar-refractivity contribution in [3.05, 3.63) is 0 Å². The van der Waals surface area contributed by atoms with E-state index in [1.54, 1.807) is 0 Å². The van der Waals surface area contributed by atoms with E-state index in [9.17, 15) is 43.2 Å². The quantitative estimate of drug-likeness (QED) is 0.0222. The molecule has 0 heterocycles. The molecule has 17 nitrogen and oxygen atoms in total. The van der Waals surface area contributed by atoms with Gasteiger partial charge in [-0.3, -0.25) is 37.3 Å². The van der Waals surface area contributed by atoms with Crippen LogP contribution in [0.25, 0.3) is 0 Å². The fourth-order valence-corrected chi connectivity index (χ4v) is 11.6. The summed E-state index contributed by atoms with van der Waals surface area (Å²) in [7, 11) is -9.89. The molecular weight excluding hydrogens is 1140 g/mol. The zero-order chi connectivity index (χ0) is 63.6. The van der Waals surface area contributed by atoms with Crippen molar-refractivity contribution >= 4 is 39.5 Å². The minimum Gasteiger partial charge on any atom is -0.462 e. The largest absolute Gasteiger partial charge is 0.472 e. The molecular formula is C67H130O17P2. The van der Waals surface area contributed by atoms with Crippen LogP contribution in [0.1, 0.15) is 337 Å². The fourth-order valence-electron chi connectivity index (χ4n) is 10.1. The van der Waals surface area contributed by atoms with Crippen LogP contribution in [0.5, 0.6) is 0 Å². The standard InChI is InChI=1S/C67H130O17P2/c1-7-9-11-13-15-17-25-31-37-43-49-64(69)77-55-62(83-66(71)51-45-39-33-26-18-16-14-12-10-8-2)57-81-85(73,74)79-53-61(68)54-80-86(75,76)82-58-63(56-78-65(70)50-44-38-32-28-22-24-30-36-42-48-60(5)6)84-67(72)52-46-40-34-27-21-19-20-23-29-35-41-47-59(3)4/h59-63,68H,7-58H2,1-6H3,(H,73,74)(H,75,76)/t61-,62+,63+/m0/s1. The predicted octanol–water partition coefficient (Wildman–Crippen LogP) is 18.8. The minimum absolute atomic E-state index is 0.106. The lowest BCUT2D eigenvalue weighted by molar-refractivity contribution is -0.161. The lowest BCUT2D eigenvalue weighted by Crippen LogP contribution is -2.30. The second-order valence-corrected chi connectivity index (χ2v) is 28.1. The van der Waals surface area contributed by atoms with Gasteiger partial charge in [0.05, 0.1) is 26.4 Å². The number of ether oxygens (including phenoxy) is 4. The van der Waals surface area contributed by atoms with E-state index < -0.39 is 97.5 Å². The molecule has 510 valence electrons. The highest BCUT2D eigenvalue weighted by molar-refractivity contribution is 7.47. The first-order chi connectivity index (χ1) is 41.4. The van der Waals surface area contributed by atoms with Crippen LogP contribution in [0.4, 0.5) is 0 Å². The van der Waals surface area contributed by atoms with Crippen LogP contribution in [0, 0.1) is 11.8 Å². The summed E-state index contributed by atoms with van der Waals surface area (Å²) >= 11 is 0. The van der Waals surface area contributed by atoms with Crippen LogP contribution in [-0.4, -0.2) is 96.7 Å². The lowest BCUT2D eigenvalue weighted by Gasteiger charge is -2.21. The number of carbonyl (C=O) groups excluding carboxylic acids is 4. The maximum atomic E-state index is 13.0. The van der Waals surface area contributed by atoms with E-state index in [4.69, 9.17) is 37.0 Å². The molecule has 2 unspecified atom stereocenters. The third-order valence-electron chi connectivity index (χ3n) is 15.5. The van der Waals surface area contributed by atoms with E-state index in [0.29, 0.717) is 25.7 Å². The Balaban J connectivity index is 5.24. The van der Waals surface area contributed by atoms with E-state index in [1.807, 2.05) is 0 Å². The van der Waals surface area contributed by atoms with Crippen molar-refractivity contribution in [2.75, 3.05) is 39.6 Å². The number of carbonyl (C=O) groups is 4. The highest BCUT2D eigenvalue weighted by Crippen LogP contribution is 2.45. The number of phosphoric acid groups is 2. The summed E-state index contributed by atoms with van der Waals surface area (Å²) in [6.07, 6.45) is 42.9. The number of esters is 4. The van der Waals surface area contributed by atoms with Gasteiger partial charge in [-0.05, 0) is 37.5 Å². The molecule has 19 heteroatoms. The van der Waals surface area contributed by atoms with Crippen LogP contribution >= 0.6 is 15.6 Å². The van der Waals surface area contributed by atoms with Gasteiger partial charge < -0.3 is 33.8 Å². The van der Waals surface area contributed by atoms with Gasteiger partial charge in [-0.25, -0.2) is 9.13 Å². The molecule has 5 atom stereocenters. The van der Waals surface area contributed by atoms with Gasteiger partial charge in [0.1, 0.15) is 19.3 Å². The molecule has 0 aliphatic rings. The SMILES string of the molecule is CCCCCCCCCCCCC(=O)OC[C@H](COP(=O)(O)OC[C@H](O)COP(=O)(O)OC[C@@H](COC(=O)CCCCCCCCCCCC(C)C)OC(=O)CCCCCCCCCCCCCC(C)C)OC(=O)CCCCCCCCCCCC. The molecule has 0 fully saturated rings. The summed E-state index contributed by atoms with van der Waals surface area (Å²) in [5.74, 6) is -0.619. The van der Waals surface area contributed by atoms with E-state index in [1.165, 1.54) is 154 Å². The topological polar surface area (TPSA) is 237 Å². The van der Waals surface area contributed by atoms with E-state index in [2.05, 4.69) is 41.5 Å². The van der Waals surface area contributed by atoms with Gasteiger partial charge in [0.15, 0.2) is 12.2 Å². The van der Waals surface area contributed by atoms with Crippen LogP contribution in [-0.2, 0) is 65.4 Å². The zero-order valence-corrected chi connectivity index (χ0v) is 57.4. The van der Waals surface area contributed by atoms with Gasteiger partial charge in [0.25, 0.3) is 0 Å². The average molecular weight is 1270 g/mol. The number of aliphatic hydroxyl groups excluding tert-OH is 1. The molecule has 0 aliphatic carbocycles. The van der Waals surface area contributed by atoms with Gasteiger partial charge in [-0.2, -0.15) is 0 Å². The van der Waals surface area contributed by atoms with Crippen molar-refractivity contribution in [2.24, 2.45) is 11.8 Å². The fraction of sp³-hybridized carbons (Fsp3) is 0.940. The van der Waals surface area contributed by atoms with Gasteiger partial charge in [0, 0.05) is 25.7 Å². The highest BCUT2D eigenvalue weighted by atomic mass is 31.2. The Labute approximate surface area is 524 Å². The van der Waals surface area contributed by atoms with Crippen molar-refractivity contribution in [2.45, 2.75) is 355 Å². The maximum Gasteiger partial charge on any atom is 0.472 e. The minimum atomic E-state index is -4.95. The first-order valence-electron chi connectivity index (χ1n) is 35.0. The number of hydrogen-bond acceptors (Lipinski definition) is 15. The number of aliphatic hydroxyl groups is 1. The van der Waals surface area contributed by atoms with E-state index in [-0.39, 0.29) is 25.7 Å². The second-order valence-electron chi connectivity index (χ2n) is 25.2. The molecule has 0 saturated carbocycles. The maximum absolute atomic E-state index is 13.0. The first-order valence-corrected chi connectivity index (χ1v) is 38.0. The zero-order valence-electron chi connectivity index (χ0n) is 55.6. The number of unbranched alkanes of at least 4 members (excludes halogenated alkanes) is 36. The van der Waals surface area contributed by atoms with E-state index >= 15 is 0 Å². The Morgan fingerprint density at radius 1 is 0.314 bits per heavy atom.